The molecule has 0 aromatic carbocycles. The number of hydrogen-bond acceptors (Lipinski definition) is 3. The third-order valence-electron chi connectivity index (χ3n) is 3.02. The van der Waals surface area contributed by atoms with Crippen LogP contribution in [0.2, 0.25) is 0 Å². The van der Waals surface area contributed by atoms with Crippen LogP contribution in [0.3, 0.4) is 0 Å². The first-order chi connectivity index (χ1) is 8.19. The van der Waals surface area contributed by atoms with E-state index < -0.39 is 0 Å². The number of aryl methyl sites for hydroxylation is 1. The van der Waals surface area contributed by atoms with Gasteiger partial charge in [-0.25, -0.2) is 5.10 Å². The van der Waals surface area contributed by atoms with Gasteiger partial charge in [0.2, 0.25) is 5.91 Å². The number of amides is 1. The zero-order chi connectivity index (χ0) is 12.3. The topological polar surface area (TPSA) is 74.8 Å². The van der Waals surface area contributed by atoms with Crippen LogP contribution in [0.15, 0.2) is 10.9 Å². The zero-order valence-electron chi connectivity index (χ0n) is 9.95. The Morgan fingerprint density at radius 1 is 1.65 bits per heavy atom. The molecule has 0 aliphatic heterocycles. The molecule has 1 heterocycles. The largest absolute Gasteiger partial charge is 0.353 e. The first-order valence-electron chi connectivity index (χ1n) is 6.06. The van der Waals surface area contributed by atoms with E-state index in [0.29, 0.717) is 12.8 Å². The van der Waals surface area contributed by atoms with Crippen LogP contribution < -0.4 is 10.9 Å². The van der Waals surface area contributed by atoms with E-state index in [1.54, 1.807) is 6.07 Å². The molecule has 17 heavy (non-hydrogen) atoms. The van der Waals surface area contributed by atoms with Gasteiger partial charge in [-0.05, 0) is 31.2 Å². The third kappa shape index (κ3) is 2.93. The summed E-state index contributed by atoms with van der Waals surface area (Å²) in [5.74, 6) is 0.0961. The van der Waals surface area contributed by atoms with Gasteiger partial charge >= 0.3 is 0 Å². The number of carbonyl (C=O) groups is 1. The third-order valence-corrected chi connectivity index (χ3v) is 3.02. The molecule has 0 radical (unpaired) electrons. The van der Waals surface area contributed by atoms with Gasteiger partial charge in [-0.1, -0.05) is 6.92 Å². The van der Waals surface area contributed by atoms with Gasteiger partial charge in [0.1, 0.15) is 0 Å². The predicted molar refractivity (Wildman–Crippen MR) is 63.7 cm³/mol. The molecule has 92 valence electrons. The minimum Gasteiger partial charge on any atom is -0.353 e. The second-order valence-electron chi connectivity index (χ2n) is 4.46. The van der Waals surface area contributed by atoms with Gasteiger partial charge in [0.05, 0.1) is 5.69 Å². The molecule has 0 bridgehead atoms. The lowest BCUT2D eigenvalue weighted by Gasteiger charge is -2.24. The van der Waals surface area contributed by atoms with Gasteiger partial charge in [0.15, 0.2) is 0 Å². The highest BCUT2D eigenvalue weighted by Crippen LogP contribution is 2.17. The Morgan fingerprint density at radius 2 is 2.47 bits per heavy atom. The number of aromatic nitrogens is 2. The minimum atomic E-state index is -0.177. The fraction of sp³-hybridized carbons (Fsp3) is 0.583. The molecule has 2 rings (SSSR count). The van der Waals surface area contributed by atoms with Gasteiger partial charge < -0.3 is 5.32 Å². The van der Waals surface area contributed by atoms with Crippen molar-refractivity contribution in [3.8, 4) is 0 Å². The predicted octanol–water partition coefficient (Wildman–Crippen LogP) is 0.543. The molecule has 1 atom stereocenters. The molecule has 0 spiro atoms. The van der Waals surface area contributed by atoms with Crippen molar-refractivity contribution in [1.29, 1.82) is 0 Å². The van der Waals surface area contributed by atoms with Crippen molar-refractivity contribution >= 4 is 5.91 Å². The molecule has 1 aliphatic rings. The van der Waals surface area contributed by atoms with Crippen LogP contribution in [-0.4, -0.2) is 22.1 Å². The standard InChI is InChI=1S/C12H17N3O2/c1-2-3-11(16)13-9-4-5-10-8(6-9)7-12(17)15-14-10/h7,9H,2-6H2,1H3,(H,13,16)(H,15,17). The molecule has 0 saturated carbocycles. The van der Waals surface area contributed by atoms with E-state index in [4.69, 9.17) is 0 Å². The molecular weight excluding hydrogens is 218 g/mol. The van der Waals surface area contributed by atoms with E-state index in [1.165, 1.54) is 0 Å². The smallest absolute Gasteiger partial charge is 0.264 e. The number of aromatic amines is 1. The molecule has 0 fully saturated rings. The highest BCUT2D eigenvalue weighted by Gasteiger charge is 2.21. The average molecular weight is 235 g/mol. The molecular formula is C12H17N3O2. The summed E-state index contributed by atoms with van der Waals surface area (Å²) < 4.78 is 0. The van der Waals surface area contributed by atoms with Gasteiger partial charge in [-0.2, -0.15) is 5.10 Å². The van der Waals surface area contributed by atoms with E-state index in [9.17, 15) is 9.59 Å². The summed E-state index contributed by atoms with van der Waals surface area (Å²) >= 11 is 0. The average Bonchev–Trinajstić information content (AvgIpc) is 2.28. The Bertz CT molecular complexity index is 467. The van der Waals surface area contributed by atoms with Gasteiger partial charge in [-0.3, -0.25) is 9.59 Å². The zero-order valence-corrected chi connectivity index (χ0v) is 9.95. The van der Waals surface area contributed by atoms with E-state index in [2.05, 4.69) is 15.5 Å². The molecule has 2 N–H and O–H groups in total. The van der Waals surface area contributed by atoms with E-state index in [1.807, 2.05) is 6.92 Å². The fourth-order valence-electron chi connectivity index (χ4n) is 2.19. The van der Waals surface area contributed by atoms with Crippen LogP contribution in [0.1, 0.15) is 37.4 Å². The molecule has 0 saturated heterocycles. The van der Waals surface area contributed by atoms with Gasteiger partial charge in [0.25, 0.3) is 5.56 Å². The molecule has 1 unspecified atom stereocenters. The van der Waals surface area contributed by atoms with Gasteiger partial charge in [-0.15, -0.1) is 0 Å². The Morgan fingerprint density at radius 3 is 3.24 bits per heavy atom. The van der Waals surface area contributed by atoms with E-state index in [0.717, 1.165) is 30.5 Å². The molecule has 1 aromatic rings. The maximum Gasteiger partial charge on any atom is 0.264 e. The first-order valence-corrected chi connectivity index (χ1v) is 6.06. The summed E-state index contributed by atoms with van der Waals surface area (Å²) in [4.78, 5) is 22.7. The van der Waals surface area contributed by atoms with Crippen molar-refractivity contribution in [3.05, 3.63) is 27.7 Å². The molecule has 1 amide bonds. The maximum absolute atomic E-state index is 11.5. The Balaban J connectivity index is 2.03. The van der Waals surface area contributed by atoms with E-state index >= 15 is 0 Å². The summed E-state index contributed by atoms with van der Waals surface area (Å²) in [6, 6.07) is 1.73. The second-order valence-corrected chi connectivity index (χ2v) is 4.46. The van der Waals surface area contributed by atoms with Crippen molar-refractivity contribution < 1.29 is 4.79 Å². The number of rotatable bonds is 3. The highest BCUT2D eigenvalue weighted by molar-refractivity contribution is 5.76. The quantitative estimate of drug-likeness (QED) is 0.803. The lowest BCUT2D eigenvalue weighted by Crippen LogP contribution is -2.39. The van der Waals surface area contributed by atoms with Crippen molar-refractivity contribution in [3.63, 3.8) is 0 Å². The van der Waals surface area contributed by atoms with Crippen LogP contribution in [0.5, 0.6) is 0 Å². The number of nitrogens with one attached hydrogen (secondary N) is 2. The number of H-pyrrole nitrogens is 1. The SMILES string of the molecule is CCCC(=O)NC1CCc2n[nH]c(=O)cc2C1. The van der Waals surface area contributed by atoms with Crippen molar-refractivity contribution in [1.82, 2.24) is 15.5 Å². The maximum atomic E-state index is 11.5. The number of carbonyl (C=O) groups excluding carboxylic acids is 1. The summed E-state index contributed by atoms with van der Waals surface area (Å²) in [7, 11) is 0. The highest BCUT2D eigenvalue weighted by atomic mass is 16.1. The summed E-state index contributed by atoms with van der Waals surface area (Å²) in [6.45, 7) is 1.99. The molecule has 1 aromatic heterocycles. The Hall–Kier alpha value is -1.65. The monoisotopic (exact) mass is 235 g/mol. The van der Waals surface area contributed by atoms with Crippen molar-refractivity contribution in [2.45, 2.75) is 45.1 Å². The Labute approximate surface area is 99.6 Å². The van der Waals surface area contributed by atoms with Crippen LogP contribution in [0.25, 0.3) is 0 Å². The van der Waals surface area contributed by atoms with Crippen molar-refractivity contribution in [2.24, 2.45) is 0 Å². The van der Waals surface area contributed by atoms with Crippen LogP contribution in [0.4, 0.5) is 0 Å². The summed E-state index contributed by atoms with van der Waals surface area (Å²) in [5, 5.41) is 9.46. The second kappa shape index (κ2) is 5.12. The lowest BCUT2D eigenvalue weighted by atomic mass is 9.92. The first kappa shape index (κ1) is 11.8. The van der Waals surface area contributed by atoms with Crippen molar-refractivity contribution in [2.75, 3.05) is 0 Å². The normalized spacial score (nSPS) is 18.5. The summed E-state index contributed by atoms with van der Waals surface area (Å²) in [6.07, 6.45) is 3.83. The number of hydrogen-bond donors (Lipinski definition) is 2. The van der Waals surface area contributed by atoms with Crippen LogP contribution in [-0.2, 0) is 17.6 Å². The van der Waals surface area contributed by atoms with Crippen LogP contribution in [0, 0.1) is 0 Å². The lowest BCUT2D eigenvalue weighted by molar-refractivity contribution is -0.121. The van der Waals surface area contributed by atoms with Crippen LogP contribution >= 0.6 is 0 Å². The van der Waals surface area contributed by atoms with Gasteiger partial charge in [0, 0.05) is 18.5 Å². The number of fused-ring (bicyclic) bond motifs is 1. The fourth-order valence-corrected chi connectivity index (χ4v) is 2.19. The molecule has 1 aliphatic carbocycles. The molecule has 5 heteroatoms. The Kier molecular flexibility index (Phi) is 3.56. The molecule has 5 nitrogen and oxygen atoms in total. The minimum absolute atomic E-state index is 0.0961. The summed E-state index contributed by atoms with van der Waals surface area (Å²) in [5.41, 5.74) is 1.73. The van der Waals surface area contributed by atoms with E-state index in [-0.39, 0.29) is 17.5 Å². The number of nitrogens with zero attached hydrogens (tertiary/aromatic N) is 1.